The van der Waals surface area contributed by atoms with Gasteiger partial charge in [0.2, 0.25) is 5.78 Å². The quantitative estimate of drug-likeness (QED) is 0.794. The zero-order chi connectivity index (χ0) is 16.2. The van der Waals surface area contributed by atoms with Gasteiger partial charge < -0.3 is 4.90 Å². The highest BCUT2D eigenvalue weighted by atomic mass is 32.1. The summed E-state index contributed by atoms with van der Waals surface area (Å²) in [4.78, 5) is 19.3. The maximum Gasteiger partial charge on any atom is 0.416 e. The fourth-order valence-corrected chi connectivity index (χ4v) is 4.21. The third-order valence-corrected chi connectivity index (χ3v) is 5.55. The number of thiazole rings is 1. The van der Waals surface area contributed by atoms with Crippen LogP contribution in [-0.4, -0.2) is 23.4 Å². The van der Waals surface area contributed by atoms with Crippen molar-refractivity contribution in [1.82, 2.24) is 4.98 Å². The minimum Gasteiger partial charge on any atom is -0.345 e. The van der Waals surface area contributed by atoms with E-state index in [0.29, 0.717) is 10.9 Å². The third-order valence-electron chi connectivity index (χ3n) is 4.52. The van der Waals surface area contributed by atoms with Crippen LogP contribution in [0, 0.1) is 5.92 Å². The van der Waals surface area contributed by atoms with E-state index in [-0.39, 0.29) is 5.56 Å². The van der Waals surface area contributed by atoms with Crippen LogP contribution >= 0.6 is 11.3 Å². The first-order chi connectivity index (χ1) is 10.9. The molecule has 0 atom stereocenters. The first-order valence-corrected chi connectivity index (χ1v) is 8.18. The Morgan fingerprint density at radius 1 is 1.30 bits per heavy atom. The Kier molecular flexibility index (Phi) is 3.23. The highest BCUT2D eigenvalue weighted by Crippen LogP contribution is 2.44. The van der Waals surface area contributed by atoms with E-state index in [1.807, 2.05) is 0 Å². The van der Waals surface area contributed by atoms with E-state index in [2.05, 4.69) is 9.88 Å². The van der Waals surface area contributed by atoms with E-state index in [1.54, 1.807) is 0 Å². The number of carbonyl (C=O) groups is 1. The number of alkyl halides is 3. The second-order valence-corrected chi connectivity index (χ2v) is 7.07. The molecule has 1 aromatic heterocycles. The molecule has 1 aromatic carbocycles. The lowest BCUT2D eigenvalue weighted by Crippen LogP contribution is -2.28. The van der Waals surface area contributed by atoms with Crippen LogP contribution < -0.4 is 4.90 Å². The molecular formula is C16H13F3N2OS. The molecule has 120 valence electrons. The van der Waals surface area contributed by atoms with E-state index in [9.17, 15) is 18.0 Å². The molecule has 0 spiro atoms. The summed E-state index contributed by atoms with van der Waals surface area (Å²) in [5.74, 6) is 0.318. The lowest BCUT2D eigenvalue weighted by atomic mass is 9.86. The van der Waals surface area contributed by atoms with Crippen LogP contribution in [0.3, 0.4) is 0 Å². The Bertz CT molecular complexity index is 765. The molecule has 0 unspecified atom stereocenters. The largest absolute Gasteiger partial charge is 0.416 e. The second kappa shape index (κ2) is 5.06. The predicted octanol–water partition coefficient (Wildman–Crippen LogP) is 3.99. The first kappa shape index (κ1) is 14.7. The summed E-state index contributed by atoms with van der Waals surface area (Å²) < 4.78 is 38.3. The van der Waals surface area contributed by atoms with Gasteiger partial charge in [-0.1, -0.05) is 23.5 Å². The maximum atomic E-state index is 12.8. The molecular weight excluding hydrogens is 325 g/mol. The van der Waals surface area contributed by atoms with Crippen LogP contribution in [0.5, 0.6) is 0 Å². The fourth-order valence-electron chi connectivity index (χ4n) is 3.25. The number of carbonyl (C=O) groups excluding carboxylic acids is 1. The Balaban J connectivity index is 1.59. The van der Waals surface area contributed by atoms with Crippen molar-refractivity contribution in [2.24, 2.45) is 5.92 Å². The molecule has 7 heteroatoms. The van der Waals surface area contributed by atoms with Gasteiger partial charge in [-0.15, -0.1) is 0 Å². The van der Waals surface area contributed by atoms with E-state index in [1.165, 1.54) is 42.5 Å². The van der Waals surface area contributed by atoms with Crippen LogP contribution in [0.25, 0.3) is 0 Å². The average Bonchev–Trinajstić information content (AvgIpc) is 3.18. The highest BCUT2D eigenvalue weighted by molar-refractivity contribution is 7.17. The lowest BCUT2D eigenvalue weighted by Gasteiger charge is -2.25. The fraction of sp³-hybridized carbons (Fsp3) is 0.375. The molecule has 1 saturated carbocycles. The van der Waals surface area contributed by atoms with Gasteiger partial charge in [0.25, 0.3) is 0 Å². The van der Waals surface area contributed by atoms with E-state index < -0.39 is 17.5 Å². The molecule has 0 radical (unpaired) electrons. The zero-order valence-corrected chi connectivity index (χ0v) is 12.8. The second-order valence-electron chi connectivity index (χ2n) is 6.06. The van der Waals surface area contributed by atoms with Crippen LogP contribution in [0.1, 0.15) is 33.6 Å². The lowest BCUT2D eigenvalue weighted by molar-refractivity contribution is -0.137. The van der Waals surface area contributed by atoms with Crippen molar-refractivity contribution < 1.29 is 18.0 Å². The smallest absolute Gasteiger partial charge is 0.345 e. The predicted molar refractivity (Wildman–Crippen MR) is 80.8 cm³/mol. The van der Waals surface area contributed by atoms with Crippen molar-refractivity contribution in [3.63, 3.8) is 0 Å². The molecule has 2 saturated heterocycles. The van der Waals surface area contributed by atoms with Crippen molar-refractivity contribution in [3.8, 4) is 0 Å². The average molecular weight is 338 g/mol. The molecule has 0 amide bonds. The molecule has 2 aromatic rings. The summed E-state index contributed by atoms with van der Waals surface area (Å²) in [6.07, 6.45) is -0.628. The Labute approximate surface area is 134 Å². The summed E-state index contributed by atoms with van der Waals surface area (Å²) in [6.45, 7) is 0.968. The topological polar surface area (TPSA) is 33.2 Å². The van der Waals surface area contributed by atoms with Crippen LogP contribution in [0.2, 0.25) is 0 Å². The molecule has 3 heterocycles. The van der Waals surface area contributed by atoms with Crippen LogP contribution in [-0.2, 0) is 6.18 Å². The molecule has 1 aliphatic carbocycles. The van der Waals surface area contributed by atoms with Gasteiger partial charge in [0, 0.05) is 18.2 Å². The first-order valence-electron chi connectivity index (χ1n) is 7.36. The molecule has 0 N–H and O–H groups in total. The Hall–Kier alpha value is -1.89. The number of ketones is 1. The van der Waals surface area contributed by atoms with Gasteiger partial charge in [-0.3, -0.25) is 4.79 Å². The maximum absolute atomic E-state index is 12.8. The van der Waals surface area contributed by atoms with Crippen molar-refractivity contribution in [2.75, 3.05) is 11.4 Å². The Morgan fingerprint density at radius 3 is 2.74 bits per heavy atom. The molecule has 5 rings (SSSR count). The number of halogens is 3. The molecule has 3 nitrogen and oxygen atoms in total. The highest BCUT2D eigenvalue weighted by Gasteiger charge is 2.43. The third kappa shape index (κ3) is 2.52. The van der Waals surface area contributed by atoms with E-state index >= 15 is 0 Å². The molecule has 3 fully saturated rings. The number of nitrogens with zero attached hydrogens (tertiary/aromatic N) is 2. The van der Waals surface area contributed by atoms with Crippen molar-refractivity contribution in [2.45, 2.75) is 25.1 Å². The van der Waals surface area contributed by atoms with Gasteiger partial charge in [0.1, 0.15) is 0 Å². The zero-order valence-electron chi connectivity index (χ0n) is 12.0. The van der Waals surface area contributed by atoms with Crippen LogP contribution in [0.15, 0.2) is 30.5 Å². The van der Waals surface area contributed by atoms with Gasteiger partial charge in [-0.05, 0) is 30.9 Å². The molecule has 2 bridgehead atoms. The van der Waals surface area contributed by atoms with Gasteiger partial charge >= 0.3 is 6.18 Å². The number of rotatable bonds is 3. The summed E-state index contributed by atoms with van der Waals surface area (Å²) in [5, 5.41) is 0.797. The number of aromatic nitrogens is 1. The minimum atomic E-state index is -4.45. The van der Waals surface area contributed by atoms with Gasteiger partial charge in [-0.25, -0.2) is 4.98 Å². The van der Waals surface area contributed by atoms with Crippen molar-refractivity contribution in [1.29, 1.82) is 0 Å². The normalized spacial score (nSPS) is 23.0. The number of hydrogen-bond acceptors (Lipinski definition) is 4. The van der Waals surface area contributed by atoms with Gasteiger partial charge in [0.15, 0.2) is 5.13 Å². The summed E-state index contributed by atoms with van der Waals surface area (Å²) in [7, 11) is 0. The Morgan fingerprint density at radius 2 is 2.09 bits per heavy atom. The van der Waals surface area contributed by atoms with Crippen LogP contribution in [0.4, 0.5) is 18.3 Å². The molecule has 2 aliphatic heterocycles. The van der Waals surface area contributed by atoms with Crippen molar-refractivity contribution >= 4 is 22.3 Å². The summed E-state index contributed by atoms with van der Waals surface area (Å²) in [6, 6.07) is 5.04. The molecule has 23 heavy (non-hydrogen) atoms. The van der Waals surface area contributed by atoms with E-state index in [0.717, 1.165) is 29.7 Å². The van der Waals surface area contributed by atoms with Crippen molar-refractivity contribution in [3.05, 3.63) is 46.5 Å². The molecule has 3 aliphatic rings. The number of fused-ring (bicyclic) bond motifs is 1. The van der Waals surface area contributed by atoms with Gasteiger partial charge in [-0.2, -0.15) is 13.2 Å². The number of hydrogen-bond donors (Lipinski definition) is 0. The SMILES string of the molecule is O=C(c1cccc(C(F)(F)F)c1)c1cnc(N2CC3CC2C3)s1. The minimum absolute atomic E-state index is 0.0424. The standard InChI is InChI=1S/C16H13F3N2OS/c17-16(18,19)11-3-1-2-10(6-11)14(22)13-7-20-15(23-13)21-8-9-4-12(21)5-9/h1-3,6-7,9,12H,4-5,8H2. The number of anilines is 1. The summed E-state index contributed by atoms with van der Waals surface area (Å²) >= 11 is 1.26. The summed E-state index contributed by atoms with van der Waals surface area (Å²) in [5.41, 5.74) is -0.769. The monoisotopic (exact) mass is 338 g/mol. The van der Waals surface area contributed by atoms with E-state index in [4.69, 9.17) is 0 Å². The van der Waals surface area contributed by atoms with Gasteiger partial charge in [0.05, 0.1) is 16.6 Å². The number of benzene rings is 1.